The number of nitrogens with one attached hydrogen (secondary N) is 1. The molecule has 5 nitrogen and oxygen atoms in total. The van der Waals surface area contributed by atoms with Crippen LogP contribution in [0, 0.1) is 11.6 Å². The number of aliphatic imine (C=N–C) groups is 1. The molecule has 0 fully saturated rings. The fourth-order valence-corrected chi connectivity index (χ4v) is 3.83. The van der Waals surface area contributed by atoms with E-state index in [-0.39, 0.29) is 17.8 Å². The van der Waals surface area contributed by atoms with Gasteiger partial charge in [0, 0.05) is 10.6 Å². The molecule has 4 rings (SSSR count). The van der Waals surface area contributed by atoms with Gasteiger partial charge in [-0.2, -0.15) is 0 Å². The molecule has 1 aliphatic rings. The van der Waals surface area contributed by atoms with E-state index < -0.39 is 11.6 Å². The van der Waals surface area contributed by atoms with Crippen LogP contribution in [0.1, 0.15) is 42.0 Å². The number of nitrogens with zero attached hydrogens (tertiary/aromatic N) is 4. The molecule has 0 aliphatic carbocycles. The average Bonchev–Trinajstić information content (AvgIpc) is 3.08. The van der Waals surface area contributed by atoms with Crippen molar-refractivity contribution in [3.8, 4) is 5.69 Å². The number of allylic oxidation sites excluding steroid dienone is 1. The third-order valence-electron chi connectivity index (χ3n) is 5.12. The zero-order valence-electron chi connectivity index (χ0n) is 16.9. The molecule has 1 N–H and O–H groups in total. The van der Waals surface area contributed by atoms with Crippen LogP contribution in [-0.2, 0) is 13.1 Å². The van der Waals surface area contributed by atoms with Gasteiger partial charge in [-0.1, -0.05) is 23.7 Å². The van der Waals surface area contributed by atoms with E-state index in [9.17, 15) is 8.78 Å². The van der Waals surface area contributed by atoms with Gasteiger partial charge in [-0.25, -0.2) is 8.78 Å². The summed E-state index contributed by atoms with van der Waals surface area (Å²) < 4.78 is 31.1. The number of hydrogen-bond acceptors (Lipinski definition) is 4. The fraction of sp³-hybridized carbons (Fsp3) is 0.261. The average molecular weight is 442 g/mol. The molecule has 2 aromatic carbocycles. The number of rotatable bonds is 8. The van der Waals surface area contributed by atoms with E-state index in [0.717, 1.165) is 25.8 Å². The van der Waals surface area contributed by atoms with Crippen LogP contribution in [0.4, 0.5) is 8.78 Å². The van der Waals surface area contributed by atoms with Crippen molar-refractivity contribution in [2.24, 2.45) is 4.99 Å². The molecule has 160 valence electrons. The van der Waals surface area contributed by atoms with Crippen LogP contribution in [0.25, 0.3) is 5.69 Å². The SMILES string of the molecule is C=CCCCCNCc1nnc2n1-c1ccc(Cl)cc1C(c1c(F)cccc1F)=NC2. The second-order valence-electron chi connectivity index (χ2n) is 7.25. The van der Waals surface area contributed by atoms with Gasteiger partial charge in [-0.05, 0) is 56.1 Å². The first kappa shape index (κ1) is 21.3. The monoisotopic (exact) mass is 441 g/mol. The first-order chi connectivity index (χ1) is 15.1. The van der Waals surface area contributed by atoms with Crippen molar-refractivity contribution in [3.63, 3.8) is 0 Å². The molecule has 8 heteroatoms. The fourth-order valence-electron chi connectivity index (χ4n) is 3.65. The summed E-state index contributed by atoms with van der Waals surface area (Å²) in [5.41, 5.74) is 1.25. The maximum absolute atomic E-state index is 14.6. The van der Waals surface area contributed by atoms with E-state index in [4.69, 9.17) is 11.6 Å². The third kappa shape index (κ3) is 4.43. The lowest BCUT2D eigenvalue weighted by Gasteiger charge is -2.15. The van der Waals surface area contributed by atoms with Gasteiger partial charge in [0.25, 0.3) is 0 Å². The Bertz CT molecular complexity index is 1120. The van der Waals surface area contributed by atoms with Gasteiger partial charge in [0.1, 0.15) is 18.2 Å². The molecule has 0 radical (unpaired) electrons. The Balaban J connectivity index is 1.71. The Morgan fingerprint density at radius 3 is 2.71 bits per heavy atom. The lowest BCUT2D eigenvalue weighted by Crippen LogP contribution is -2.19. The molecule has 0 saturated heterocycles. The van der Waals surface area contributed by atoms with Crippen LogP contribution < -0.4 is 5.32 Å². The molecule has 2 heterocycles. The van der Waals surface area contributed by atoms with Crippen molar-refractivity contribution in [1.82, 2.24) is 20.1 Å². The van der Waals surface area contributed by atoms with Crippen LogP contribution in [0.5, 0.6) is 0 Å². The number of aromatic nitrogens is 3. The number of fused-ring (bicyclic) bond motifs is 3. The number of unbranched alkanes of at least 4 members (excludes halogenated alkanes) is 2. The Labute approximate surface area is 184 Å². The standard InChI is InChI=1S/C23H22ClF2N5/c1-2-3-4-5-11-27-13-20-29-30-21-14-28-23(22-17(25)7-6-8-18(22)26)16-12-15(24)9-10-19(16)31(20)21/h2,6-10,12,27H,1,3-5,11,13-14H2. The molecule has 31 heavy (non-hydrogen) atoms. The summed E-state index contributed by atoms with van der Waals surface area (Å²) in [5, 5.41) is 12.4. The number of halogens is 3. The van der Waals surface area contributed by atoms with E-state index in [1.165, 1.54) is 18.2 Å². The van der Waals surface area contributed by atoms with E-state index in [2.05, 4.69) is 27.1 Å². The maximum atomic E-state index is 14.6. The zero-order valence-corrected chi connectivity index (χ0v) is 17.7. The lowest BCUT2D eigenvalue weighted by atomic mass is 9.99. The second-order valence-corrected chi connectivity index (χ2v) is 7.69. The molecule has 0 spiro atoms. The molecular weight excluding hydrogens is 420 g/mol. The topological polar surface area (TPSA) is 55.1 Å². The highest BCUT2D eigenvalue weighted by Crippen LogP contribution is 2.29. The van der Waals surface area contributed by atoms with Gasteiger partial charge in [0.2, 0.25) is 0 Å². The van der Waals surface area contributed by atoms with Crippen molar-refractivity contribution in [3.05, 3.63) is 88.5 Å². The lowest BCUT2D eigenvalue weighted by molar-refractivity contribution is 0.579. The Morgan fingerprint density at radius 1 is 1.13 bits per heavy atom. The summed E-state index contributed by atoms with van der Waals surface area (Å²) >= 11 is 6.24. The van der Waals surface area contributed by atoms with Crippen LogP contribution >= 0.6 is 11.6 Å². The summed E-state index contributed by atoms with van der Waals surface area (Å²) in [5.74, 6) is -0.0564. The molecule has 1 aromatic heterocycles. The largest absolute Gasteiger partial charge is 0.310 e. The van der Waals surface area contributed by atoms with Gasteiger partial charge in [-0.15, -0.1) is 16.8 Å². The van der Waals surface area contributed by atoms with Gasteiger partial charge in [0.05, 0.1) is 23.5 Å². The number of benzene rings is 2. The van der Waals surface area contributed by atoms with Gasteiger partial charge >= 0.3 is 0 Å². The maximum Gasteiger partial charge on any atom is 0.159 e. The quantitative estimate of drug-likeness (QED) is 0.395. The van der Waals surface area contributed by atoms with Crippen molar-refractivity contribution >= 4 is 17.3 Å². The van der Waals surface area contributed by atoms with Gasteiger partial charge < -0.3 is 5.32 Å². The summed E-state index contributed by atoms with van der Waals surface area (Å²) in [6.45, 7) is 5.22. The van der Waals surface area contributed by atoms with Crippen LogP contribution in [-0.4, -0.2) is 27.0 Å². The molecule has 0 bridgehead atoms. The predicted molar refractivity (Wildman–Crippen MR) is 118 cm³/mol. The molecule has 0 saturated carbocycles. The minimum Gasteiger partial charge on any atom is -0.310 e. The predicted octanol–water partition coefficient (Wildman–Crippen LogP) is 5.00. The first-order valence-corrected chi connectivity index (χ1v) is 10.5. The Morgan fingerprint density at radius 2 is 1.94 bits per heavy atom. The summed E-state index contributed by atoms with van der Waals surface area (Å²) in [4.78, 5) is 4.51. The first-order valence-electron chi connectivity index (χ1n) is 10.1. The van der Waals surface area contributed by atoms with E-state index >= 15 is 0 Å². The van der Waals surface area contributed by atoms with Crippen LogP contribution in [0.15, 0.2) is 54.0 Å². The van der Waals surface area contributed by atoms with Crippen LogP contribution in [0.3, 0.4) is 0 Å². The third-order valence-corrected chi connectivity index (χ3v) is 5.36. The highest BCUT2D eigenvalue weighted by Gasteiger charge is 2.26. The Kier molecular flexibility index (Phi) is 6.53. The highest BCUT2D eigenvalue weighted by atomic mass is 35.5. The molecule has 0 unspecified atom stereocenters. The minimum absolute atomic E-state index is 0.141. The van der Waals surface area contributed by atoms with E-state index in [1.807, 2.05) is 10.6 Å². The molecular formula is C23H22ClF2N5. The van der Waals surface area contributed by atoms with E-state index in [1.54, 1.807) is 18.2 Å². The summed E-state index contributed by atoms with van der Waals surface area (Å²) in [7, 11) is 0. The molecule has 0 amide bonds. The Hall–Kier alpha value is -2.90. The number of hydrogen-bond donors (Lipinski definition) is 1. The smallest absolute Gasteiger partial charge is 0.159 e. The van der Waals surface area contributed by atoms with Crippen molar-refractivity contribution in [1.29, 1.82) is 0 Å². The van der Waals surface area contributed by atoms with Crippen molar-refractivity contribution < 1.29 is 8.78 Å². The van der Waals surface area contributed by atoms with Crippen molar-refractivity contribution in [2.45, 2.75) is 32.4 Å². The summed E-state index contributed by atoms with van der Waals surface area (Å²) in [6, 6.07) is 8.98. The zero-order chi connectivity index (χ0) is 21.8. The molecule has 1 aliphatic heterocycles. The normalized spacial score (nSPS) is 12.7. The van der Waals surface area contributed by atoms with E-state index in [0.29, 0.717) is 34.5 Å². The van der Waals surface area contributed by atoms with Gasteiger partial charge in [0.15, 0.2) is 11.6 Å². The minimum atomic E-state index is -0.677. The highest BCUT2D eigenvalue weighted by molar-refractivity contribution is 6.31. The molecule has 0 atom stereocenters. The van der Waals surface area contributed by atoms with Crippen molar-refractivity contribution in [2.75, 3.05) is 6.54 Å². The summed E-state index contributed by atoms with van der Waals surface area (Å²) in [6.07, 6.45) is 5.00. The van der Waals surface area contributed by atoms with Gasteiger partial charge in [-0.3, -0.25) is 9.56 Å². The molecule has 3 aromatic rings. The second kappa shape index (κ2) is 9.49. The van der Waals surface area contributed by atoms with Crippen LogP contribution in [0.2, 0.25) is 5.02 Å².